The first-order valence-electron chi connectivity index (χ1n) is 5.23. The number of esters is 1. The minimum Gasteiger partial charge on any atom is -0.465 e. The molecule has 1 heterocycles. The van der Waals surface area contributed by atoms with Gasteiger partial charge in [-0.1, -0.05) is 0 Å². The van der Waals surface area contributed by atoms with Crippen LogP contribution in [-0.4, -0.2) is 49.5 Å². The second-order valence-electron chi connectivity index (χ2n) is 3.80. The van der Waals surface area contributed by atoms with Gasteiger partial charge in [-0.15, -0.1) is 0 Å². The number of pyridine rings is 1. The monoisotopic (exact) mass is 252 g/mol. The summed E-state index contributed by atoms with van der Waals surface area (Å²) in [6.07, 6.45) is 1.40. The van der Waals surface area contributed by atoms with E-state index in [1.165, 1.54) is 24.3 Å². The molecule has 0 bridgehead atoms. The number of amides is 1. The molecular formula is C11H16N4O3. The summed E-state index contributed by atoms with van der Waals surface area (Å²) in [5, 5.41) is 2.78. The van der Waals surface area contributed by atoms with Gasteiger partial charge in [0.1, 0.15) is 11.4 Å². The molecule has 1 aromatic heterocycles. The van der Waals surface area contributed by atoms with Crippen LogP contribution in [0.1, 0.15) is 10.4 Å². The van der Waals surface area contributed by atoms with Gasteiger partial charge in [-0.2, -0.15) is 0 Å². The van der Waals surface area contributed by atoms with Crippen molar-refractivity contribution in [3.05, 3.63) is 17.8 Å². The van der Waals surface area contributed by atoms with Gasteiger partial charge in [0.25, 0.3) is 0 Å². The van der Waals surface area contributed by atoms with Crippen LogP contribution < -0.4 is 11.1 Å². The third-order valence-electron chi connectivity index (χ3n) is 2.22. The lowest BCUT2D eigenvalue weighted by atomic mass is 10.2. The number of nitrogen functional groups attached to an aromatic ring is 1. The molecule has 18 heavy (non-hydrogen) atoms. The van der Waals surface area contributed by atoms with Gasteiger partial charge in [-0.25, -0.2) is 9.78 Å². The Hall–Kier alpha value is -2.31. The molecule has 7 nitrogen and oxygen atoms in total. The van der Waals surface area contributed by atoms with Crippen molar-refractivity contribution in [3.63, 3.8) is 0 Å². The molecule has 0 fully saturated rings. The molecule has 1 amide bonds. The number of likely N-dealkylation sites (N-methyl/N-ethyl adjacent to an activating group) is 1. The van der Waals surface area contributed by atoms with E-state index in [1.54, 1.807) is 14.1 Å². The lowest BCUT2D eigenvalue weighted by molar-refractivity contribution is -0.126. The zero-order valence-corrected chi connectivity index (χ0v) is 10.6. The number of rotatable bonds is 4. The van der Waals surface area contributed by atoms with E-state index >= 15 is 0 Å². The first-order valence-corrected chi connectivity index (χ1v) is 5.23. The molecule has 0 saturated carbocycles. The highest BCUT2D eigenvalue weighted by Gasteiger charge is 2.14. The number of nitrogens with zero attached hydrogens (tertiary/aromatic N) is 2. The third-order valence-corrected chi connectivity index (χ3v) is 2.22. The van der Waals surface area contributed by atoms with E-state index < -0.39 is 5.97 Å². The Morgan fingerprint density at radius 3 is 2.72 bits per heavy atom. The normalized spacial score (nSPS) is 9.72. The van der Waals surface area contributed by atoms with Crippen LogP contribution in [0.3, 0.4) is 0 Å². The minimum absolute atomic E-state index is 0.0356. The van der Waals surface area contributed by atoms with Crippen molar-refractivity contribution in [2.24, 2.45) is 0 Å². The SMILES string of the molecule is COC(=O)c1cc(N)cnc1NCC(=O)N(C)C. The molecule has 0 spiro atoms. The van der Waals surface area contributed by atoms with E-state index in [0.717, 1.165) is 0 Å². The molecule has 0 saturated heterocycles. The van der Waals surface area contributed by atoms with E-state index in [4.69, 9.17) is 5.73 Å². The fourth-order valence-corrected chi connectivity index (χ4v) is 1.20. The number of nitrogens with two attached hydrogens (primary N) is 1. The van der Waals surface area contributed by atoms with Crippen LogP contribution in [0.4, 0.5) is 11.5 Å². The summed E-state index contributed by atoms with van der Waals surface area (Å²) in [5.41, 5.74) is 6.10. The zero-order valence-electron chi connectivity index (χ0n) is 10.6. The number of nitrogens with one attached hydrogen (secondary N) is 1. The highest BCUT2D eigenvalue weighted by molar-refractivity contribution is 5.96. The Labute approximate surface area is 105 Å². The van der Waals surface area contributed by atoms with Crippen molar-refractivity contribution in [2.45, 2.75) is 0 Å². The Morgan fingerprint density at radius 2 is 2.17 bits per heavy atom. The van der Waals surface area contributed by atoms with Crippen LogP contribution >= 0.6 is 0 Å². The van der Waals surface area contributed by atoms with Gasteiger partial charge >= 0.3 is 5.97 Å². The van der Waals surface area contributed by atoms with Crippen molar-refractivity contribution in [3.8, 4) is 0 Å². The molecule has 0 aliphatic carbocycles. The molecule has 1 rings (SSSR count). The van der Waals surface area contributed by atoms with Crippen molar-refractivity contribution in [2.75, 3.05) is 38.8 Å². The van der Waals surface area contributed by atoms with Crippen LogP contribution in [0.15, 0.2) is 12.3 Å². The van der Waals surface area contributed by atoms with Gasteiger partial charge in [0.05, 0.1) is 25.5 Å². The van der Waals surface area contributed by atoms with E-state index in [9.17, 15) is 9.59 Å². The lowest BCUT2D eigenvalue weighted by Gasteiger charge is -2.13. The lowest BCUT2D eigenvalue weighted by Crippen LogP contribution is -2.29. The Morgan fingerprint density at radius 1 is 1.50 bits per heavy atom. The van der Waals surface area contributed by atoms with E-state index in [-0.39, 0.29) is 23.8 Å². The maximum absolute atomic E-state index is 11.5. The highest BCUT2D eigenvalue weighted by Crippen LogP contribution is 2.16. The van der Waals surface area contributed by atoms with E-state index in [1.807, 2.05) is 0 Å². The number of carbonyl (C=O) groups excluding carboxylic acids is 2. The summed E-state index contributed by atoms with van der Waals surface area (Å²) in [5.74, 6) is -0.426. The van der Waals surface area contributed by atoms with Gasteiger partial charge < -0.3 is 20.7 Å². The number of hydrogen-bond donors (Lipinski definition) is 2. The average molecular weight is 252 g/mol. The fraction of sp³-hybridized carbons (Fsp3) is 0.364. The Bertz CT molecular complexity index is 460. The zero-order chi connectivity index (χ0) is 13.7. The highest BCUT2D eigenvalue weighted by atomic mass is 16.5. The average Bonchev–Trinajstić information content (AvgIpc) is 2.35. The number of anilines is 2. The van der Waals surface area contributed by atoms with Crippen LogP contribution in [-0.2, 0) is 9.53 Å². The fourth-order valence-electron chi connectivity index (χ4n) is 1.20. The van der Waals surface area contributed by atoms with E-state index in [2.05, 4.69) is 15.0 Å². The second-order valence-corrected chi connectivity index (χ2v) is 3.80. The molecule has 0 aromatic carbocycles. The third kappa shape index (κ3) is 3.34. The van der Waals surface area contributed by atoms with E-state index in [0.29, 0.717) is 5.69 Å². The van der Waals surface area contributed by atoms with Crippen molar-refractivity contribution < 1.29 is 14.3 Å². The van der Waals surface area contributed by atoms with Crippen LogP contribution in [0.25, 0.3) is 0 Å². The molecule has 3 N–H and O–H groups in total. The molecule has 0 aliphatic rings. The summed E-state index contributed by atoms with van der Waals surface area (Å²) in [7, 11) is 4.55. The number of ether oxygens (including phenoxy) is 1. The van der Waals surface area contributed by atoms with Gasteiger partial charge in [-0.3, -0.25) is 4.79 Å². The van der Waals surface area contributed by atoms with Gasteiger partial charge in [0, 0.05) is 14.1 Å². The number of aromatic nitrogens is 1. The van der Waals surface area contributed by atoms with Crippen molar-refractivity contribution in [1.82, 2.24) is 9.88 Å². The van der Waals surface area contributed by atoms with Crippen LogP contribution in [0, 0.1) is 0 Å². The standard InChI is InChI=1S/C11H16N4O3/c1-15(2)9(16)6-14-10-8(11(17)18-3)4-7(12)5-13-10/h4-5H,6,12H2,1-3H3,(H,13,14). The molecule has 7 heteroatoms. The molecule has 0 radical (unpaired) electrons. The summed E-state index contributed by atoms with van der Waals surface area (Å²) < 4.78 is 4.62. The summed E-state index contributed by atoms with van der Waals surface area (Å²) in [6, 6.07) is 1.45. The predicted molar refractivity (Wildman–Crippen MR) is 67.2 cm³/mol. The van der Waals surface area contributed by atoms with Gasteiger partial charge in [0.2, 0.25) is 5.91 Å². The van der Waals surface area contributed by atoms with Crippen molar-refractivity contribution in [1.29, 1.82) is 0 Å². The smallest absolute Gasteiger partial charge is 0.341 e. The van der Waals surface area contributed by atoms with Crippen LogP contribution in [0.2, 0.25) is 0 Å². The molecule has 98 valence electrons. The Kier molecular flexibility index (Phi) is 4.47. The topological polar surface area (TPSA) is 97.5 Å². The summed E-state index contributed by atoms with van der Waals surface area (Å²) >= 11 is 0. The summed E-state index contributed by atoms with van der Waals surface area (Å²) in [4.78, 5) is 28.3. The summed E-state index contributed by atoms with van der Waals surface area (Å²) in [6.45, 7) is 0.0356. The van der Waals surface area contributed by atoms with Gasteiger partial charge in [-0.05, 0) is 6.07 Å². The predicted octanol–water partition coefficient (Wildman–Crippen LogP) is -0.0495. The molecule has 0 aliphatic heterocycles. The number of methoxy groups -OCH3 is 1. The molecule has 0 unspecified atom stereocenters. The van der Waals surface area contributed by atoms with Crippen LogP contribution in [0.5, 0.6) is 0 Å². The quantitative estimate of drug-likeness (QED) is 0.729. The maximum atomic E-state index is 11.5. The number of carbonyl (C=O) groups is 2. The first kappa shape index (κ1) is 13.8. The molecule has 0 atom stereocenters. The minimum atomic E-state index is -0.561. The molecular weight excluding hydrogens is 236 g/mol. The second kappa shape index (κ2) is 5.85. The first-order chi connectivity index (χ1) is 8.45. The van der Waals surface area contributed by atoms with Crippen molar-refractivity contribution >= 4 is 23.4 Å². The van der Waals surface area contributed by atoms with Gasteiger partial charge in [0.15, 0.2) is 0 Å². The maximum Gasteiger partial charge on any atom is 0.341 e. The number of hydrogen-bond acceptors (Lipinski definition) is 6. The molecule has 1 aromatic rings. The largest absolute Gasteiger partial charge is 0.465 e. The Balaban J connectivity index is 2.88.